The van der Waals surface area contributed by atoms with Crippen molar-refractivity contribution in [2.75, 3.05) is 38.1 Å². The highest BCUT2D eigenvalue weighted by Crippen LogP contribution is 2.33. The number of rotatable bonds is 8. The van der Waals surface area contributed by atoms with E-state index in [1.165, 1.54) is 0 Å². The smallest absolute Gasteiger partial charge is 0.326 e. The van der Waals surface area contributed by atoms with Gasteiger partial charge in [-0.1, -0.05) is 42.5 Å². The number of hydrogen-bond donors (Lipinski definition) is 1. The van der Waals surface area contributed by atoms with Crippen LogP contribution in [0.1, 0.15) is 11.1 Å². The van der Waals surface area contributed by atoms with Gasteiger partial charge in [0.2, 0.25) is 0 Å². The van der Waals surface area contributed by atoms with Crippen LogP contribution in [0.5, 0.6) is 17.2 Å². The quantitative estimate of drug-likeness (QED) is 0.491. The predicted molar refractivity (Wildman–Crippen MR) is 129 cm³/mol. The van der Waals surface area contributed by atoms with Gasteiger partial charge in [0.15, 0.2) is 0 Å². The van der Waals surface area contributed by atoms with Gasteiger partial charge in [0.05, 0.1) is 27.0 Å². The molecule has 6 nitrogen and oxygen atoms in total. The van der Waals surface area contributed by atoms with Crippen LogP contribution in [0.4, 0.5) is 16.2 Å². The number of methoxy groups -OCH3 is 3. The van der Waals surface area contributed by atoms with Crippen LogP contribution in [0.25, 0.3) is 6.08 Å². The largest absolute Gasteiger partial charge is 0.497 e. The Kier molecular flexibility index (Phi) is 7.75. The van der Waals surface area contributed by atoms with Gasteiger partial charge in [-0.25, -0.2) is 4.79 Å². The van der Waals surface area contributed by atoms with Crippen LogP contribution in [0.15, 0.2) is 72.8 Å². The van der Waals surface area contributed by atoms with E-state index in [-0.39, 0.29) is 6.03 Å². The van der Waals surface area contributed by atoms with Crippen molar-refractivity contribution >= 4 is 23.5 Å². The van der Waals surface area contributed by atoms with Gasteiger partial charge < -0.3 is 19.5 Å². The summed E-state index contributed by atoms with van der Waals surface area (Å²) in [6, 6.07) is 20.5. The lowest BCUT2D eigenvalue weighted by Gasteiger charge is -2.24. The van der Waals surface area contributed by atoms with Crippen LogP contribution in [0, 0.1) is 6.92 Å². The standard InChI is InChI=1S/C26H28N2O4/c1-19-9-7-12-21(17-19)27-26(29)28(23-15-14-22(30-2)18-25(23)32-4)16-8-11-20-10-5-6-13-24(20)31-3/h5-15,17-18H,16H2,1-4H3,(H,27,29)/b11-8+. The molecule has 0 radical (unpaired) electrons. The number of carbonyl (C=O) groups is 1. The fourth-order valence-corrected chi connectivity index (χ4v) is 3.30. The molecule has 0 bridgehead atoms. The van der Waals surface area contributed by atoms with Gasteiger partial charge in [-0.05, 0) is 42.8 Å². The average molecular weight is 433 g/mol. The maximum absolute atomic E-state index is 13.3. The summed E-state index contributed by atoms with van der Waals surface area (Å²) in [5.41, 5.74) is 3.34. The number of hydrogen-bond acceptors (Lipinski definition) is 4. The van der Waals surface area contributed by atoms with Crippen LogP contribution in [0.2, 0.25) is 0 Å². The van der Waals surface area contributed by atoms with Gasteiger partial charge in [-0.2, -0.15) is 0 Å². The van der Waals surface area contributed by atoms with Crippen molar-refractivity contribution in [1.82, 2.24) is 0 Å². The van der Waals surface area contributed by atoms with Crippen LogP contribution >= 0.6 is 0 Å². The molecule has 3 aromatic carbocycles. The number of anilines is 2. The maximum atomic E-state index is 13.3. The Labute approximate surface area is 189 Å². The maximum Gasteiger partial charge on any atom is 0.326 e. The zero-order chi connectivity index (χ0) is 22.9. The Morgan fingerprint density at radius 2 is 1.69 bits per heavy atom. The molecule has 0 aliphatic rings. The lowest BCUT2D eigenvalue weighted by molar-refractivity contribution is 0.257. The summed E-state index contributed by atoms with van der Waals surface area (Å²) in [5.74, 6) is 1.95. The van der Waals surface area contributed by atoms with E-state index in [4.69, 9.17) is 14.2 Å². The Hall–Kier alpha value is -3.93. The summed E-state index contributed by atoms with van der Waals surface area (Å²) in [6.45, 7) is 2.30. The second kappa shape index (κ2) is 10.9. The van der Waals surface area contributed by atoms with Gasteiger partial charge in [0, 0.05) is 23.9 Å². The molecule has 32 heavy (non-hydrogen) atoms. The highest BCUT2D eigenvalue weighted by molar-refractivity contribution is 6.03. The molecule has 1 N–H and O–H groups in total. The highest BCUT2D eigenvalue weighted by atomic mass is 16.5. The Morgan fingerprint density at radius 1 is 0.906 bits per heavy atom. The van der Waals surface area contributed by atoms with Crippen molar-refractivity contribution in [3.05, 3.63) is 83.9 Å². The van der Waals surface area contributed by atoms with Crippen molar-refractivity contribution in [2.45, 2.75) is 6.92 Å². The third-order valence-electron chi connectivity index (χ3n) is 4.92. The summed E-state index contributed by atoms with van der Waals surface area (Å²) in [6.07, 6.45) is 3.85. The zero-order valence-corrected chi connectivity index (χ0v) is 18.8. The van der Waals surface area contributed by atoms with Crippen LogP contribution in [-0.4, -0.2) is 33.9 Å². The molecule has 0 aliphatic heterocycles. The first kappa shape index (κ1) is 22.7. The number of nitrogens with one attached hydrogen (secondary N) is 1. The molecule has 0 aliphatic carbocycles. The minimum atomic E-state index is -0.274. The summed E-state index contributed by atoms with van der Waals surface area (Å²) >= 11 is 0. The van der Waals surface area contributed by atoms with E-state index >= 15 is 0 Å². The average Bonchev–Trinajstić information content (AvgIpc) is 2.81. The van der Waals surface area contributed by atoms with E-state index in [0.29, 0.717) is 23.7 Å². The Morgan fingerprint density at radius 3 is 2.41 bits per heavy atom. The molecule has 3 aromatic rings. The molecule has 0 saturated heterocycles. The van der Waals surface area contributed by atoms with Gasteiger partial charge in [-0.15, -0.1) is 0 Å². The Balaban J connectivity index is 1.92. The van der Waals surface area contributed by atoms with E-state index in [1.807, 2.05) is 73.7 Å². The van der Waals surface area contributed by atoms with Crippen molar-refractivity contribution in [3.63, 3.8) is 0 Å². The second-order valence-electron chi connectivity index (χ2n) is 7.09. The molecule has 0 aromatic heterocycles. The highest BCUT2D eigenvalue weighted by Gasteiger charge is 2.19. The number of ether oxygens (including phenoxy) is 3. The van der Waals surface area contributed by atoms with Gasteiger partial charge in [0.1, 0.15) is 17.2 Å². The molecule has 2 amide bonds. The Bertz CT molecular complexity index is 1090. The normalized spacial score (nSPS) is 10.6. The molecule has 0 atom stereocenters. The first-order valence-electron chi connectivity index (χ1n) is 10.2. The number of benzene rings is 3. The molecule has 166 valence electrons. The number of nitrogens with zero attached hydrogens (tertiary/aromatic N) is 1. The lowest BCUT2D eigenvalue weighted by Crippen LogP contribution is -2.35. The molecule has 3 rings (SSSR count). The van der Waals surface area contributed by atoms with Crippen molar-refractivity contribution < 1.29 is 19.0 Å². The van der Waals surface area contributed by atoms with E-state index in [1.54, 1.807) is 38.4 Å². The van der Waals surface area contributed by atoms with E-state index in [9.17, 15) is 4.79 Å². The van der Waals surface area contributed by atoms with Crippen LogP contribution in [-0.2, 0) is 0 Å². The fourth-order valence-electron chi connectivity index (χ4n) is 3.30. The third kappa shape index (κ3) is 5.60. The van der Waals surface area contributed by atoms with Crippen LogP contribution in [0.3, 0.4) is 0 Å². The summed E-state index contributed by atoms with van der Waals surface area (Å²) in [7, 11) is 4.79. The molecule has 0 fully saturated rings. The summed E-state index contributed by atoms with van der Waals surface area (Å²) in [5, 5.41) is 2.97. The SMILES string of the molecule is COc1ccc(N(C/C=C/c2ccccc2OC)C(=O)Nc2cccc(C)c2)c(OC)c1. The lowest BCUT2D eigenvalue weighted by atomic mass is 10.2. The topological polar surface area (TPSA) is 60.0 Å². The molecular formula is C26H28N2O4. The molecule has 0 saturated carbocycles. The van der Waals surface area contributed by atoms with Crippen molar-refractivity contribution in [2.24, 2.45) is 0 Å². The second-order valence-corrected chi connectivity index (χ2v) is 7.09. The predicted octanol–water partition coefficient (Wildman–Crippen LogP) is 5.77. The number of aryl methyl sites for hydroxylation is 1. The van der Waals surface area contributed by atoms with Crippen molar-refractivity contribution in [3.8, 4) is 17.2 Å². The summed E-state index contributed by atoms with van der Waals surface area (Å²) in [4.78, 5) is 14.9. The molecule has 0 heterocycles. The molecule has 0 spiro atoms. The third-order valence-corrected chi connectivity index (χ3v) is 4.92. The van der Waals surface area contributed by atoms with Gasteiger partial charge in [0.25, 0.3) is 0 Å². The fraction of sp³-hybridized carbons (Fsp3) is 0.192. The first-order valence-corrected chi connectivity index (χ1v) is 10.2. The minimum Gasteiger partial charge on any atom is -0.497 e. The molecule has 0 unspecified atom stereocenters. The first-order chi connectivity index (χ1) is 15.5. The van der Waals surface area contributed by atoms with E-state index < -0.39 is 0 Å². The van der Waals surface area contributed by atoms with E-state index in [0.717, 1.165) is 22.6 Å². The number of para-hydroxylation sites is 1. The zero-order valence-electron chi connectivity index (χ0n) is 18.8. The molecular weight excluding hydrogens is 404 g/mol. The van der Waals surface area contributed by atoms with E-state index in [2.05, 4.69) is 5.32 Å². The number of carbonyl (C=O) groups excluding carboxylic acids is 1. The number of amides is 2. The van der Waals surface area contributed by atoms with Gasteiger partial charge >= 0.3 is 6.03 Å². The number of urea groups is 1. The monoisotopic (exact) mass is 432 g/mol. The van der Waals surface area contributed by atoms with Gasteiger partial charge in [-0.3, -0.25) is 4.90 Å². The molecule has 6 heteroatoms. The minimum absolute atomic E-state index is 0.274. The van der Waals surface area contributed by atoms with Crippen LogP contribution < -0.4 is 24.4 Å². The van der Waals surface area contributed by atoms with Crippen molar-refractivity contribution in [1.29, 1.82) is 0 Å². The summed E-state index contributed by atoms with van der Waals surface area (Å²) < 4.78 is 16.3.